The molecule has 0 unspecified atom stereocenters. The molecule has 0 radical (unpaired) electrons. The maximum Gasteiger partial charge on any atom is 0.255 e. The second-order valence-electron chi connectivity index (χ2n) is 8.06. The lowest BCUT2D eigenvalue weighted by Crippen LogP contribution is -2.45. The first kappa shape index (κ1) is 19.9. The quantitative estimate of drug-likeness (QED) is 0.634. The van der Waals surface area contributed by atoms with Gasteiger partial charge in [-0.05, 0) is 40.8 Å². The average Bonchev–Trinajstić information content (AvgIpc) is 3.09. The Morgan fingerprint density at radius 3 is 2.27 bits per heavy atom. The van der Waals surface area contributed by atoms with Gasteiger partial charge in [-0.2, -0.15) is 0 Å². The number of amides is 2. The van der Waals surface area contributed by atoms with E-state index in [2.05, 4.69) is 19.2 Å². The standard InChI is InChI=1S/C26H26N2O2/c1-18(2)20-12-14-22(15-13-20)27-25(29)24(16-19-8-4-3-5-9-19)28-17-21-10-6-7-11-23(21)26(28)30/h3-15,18,24H,16-17H2,1-2H3,(H,27,29)/t24-/m0/s1. The molecule has 152 valence electrons. The van der Waals surface area contributed by atoms with Crippen molar-refractivity contribution in [3.63, 3.8) is 0 Å². The van der Waals surface area contributed by atoms with Crippen LogP contribution >= 0.6 is 0 Å². The number of nitrogens with one attached hydrogen (secondary N) is 1. The minimum absolute atomic E-state index is 0.0863. The summed E-state index contributed by atoms with van der Waals surface area (Å²) in [5.41, 5.74) is 4.64. The minimum Gasteiger partial charge on any atom is -0.324 e. The van der Waals surface area contributed by atoms with E-state index in [1.54, 1.807) is 4.90 Å². The molecule has 2 amide bonds. The second-order valence-corrected chi connectivity index (χ2v) is 8.06. The molecule has 3 aromatic rings. The van der Waals surface area contributed by atoms with Crippen LogP contribution < -0.4 is 5.32 Å². The number of carbonyl (C=O) groups excluding carboxylic acids is 2. The van der Waals surface area contributed by atoms with Gasteiger partial charge in [0.2, 0.25) is 5.91 Å². The first-order valence-corrected chi connectivity index (χ1v) is 10.4. The van der Waals surface area contributed by atoms with Crippen molar-refractivity contribution in [1.82, 2.24) is 4.90 Å². The predicted octanol–water partition coefficient (Wildman–Crippen LogP) is 5.02. The Hall–Kier alpha value is -3.40. The highest BCUT2D eigenvalue weighted by Gasteiger charge is 2.36. The molecule has 0 bridgehead atoms. The molecule has 0 aromatic heterocycles. The Morgan fingerprint density at radius 1 is 0.933 bits per heavy atom. The van der Waals surface area contributed by atoms with Gasteiger partial charge in [0, 0.05) is 24.2 Å². The van der Waals surface area contributed by atoms with Crippen molar-refractivity contribution in [3.05, 3.63) is 101 Å². The van der Waals surface area contributed by atoms with Crippen molar-refractivity contribution in [2.45, 2.75) is 38.8 Å². The van der Waals surface area contributed by atoms with E-state index >= 15 is 0 Å². The Morgan fingerprint density at radius 2 is 1.60 bits per heavy atom. The zero-order valence-corrected chi connectivity index (χ0v) is 17.3. The van der Waals surface area contributed by atoms with Gasteiger partial charge in [-0.1, -0.05) is 74.5 Å². The predicted molar refractivity (Wildman–Crippen MR) is 119 cm³/mol. The van der Waals surface area contributed by atoms with Crippen LogP contribution in [0.4, 0.5) is 5.69 Å². The number of nitrogens with zero attached hydrogens (tertiary/aromatic N) is 1. The van der Waals surface area contributed by atoms with E-state index in [0.717, 1.165) is 16.8 Å². The summed E-state index contributed by atoms with van der Waals surface area (Å²) in [7, 11) is 0. The van der Waals surface area contributed by atoms with E-state index in [1.165, 1.54) is 5.56 Å². The minimum atomic E-state index is -0.586. The number of anilines is 1. The van der Waals surface area contributed by atoms with Crippen LogP contribution in [0.1, 0.15) is 46.8 Å². The van der Waals surface area contributed by atoms with E-state index in [-0.39, 0.29) is 11.8 Å². The number of rotatable bonds is 6. The lowest BCUT2D eigenvalue weighted by Gasteiger charge is -2.27. The van der Waals surface area contributed by atoms with Gasteiger partial charge in [-0.25, -0.2) is 0 Å². The summed E-state index contributed by atoms with van der Waals surface area (Å²) in [6.07, 6.45) is 0.469. The fourth-order valence-corrected chi connectivity index (χ4v) is 3.89. The summed E-state index contributed by atoms with van der Waals surface area (Å²) in [6, 6.07) is 24.7. The molecule has 4 nitrogen and oxygen atoms in total. The van der Waals surface area contributed by atoms with Crippen LogP contribution in [-0.2, 0) is 17.8 Å². The topological polar surface area (TPSA) is 49.4 Å². The molecule has 0 fully saturated rings. The van der Waals surface area contributed by atoms with Gasteiger partial charge in [-0.15, -0.1) is 0 Å². The Kier molecular flexibility index (Phi) is 5.66. The summed E-state index contributed by atoms with van der Waals surface area (Å²) < 4.78 is 0. The van der Waals surface area contributed by atoms with E-state index < -0.39 is 6.04 Å². The molecule has 0 spiro atoms. The molecule has 1 aliphatic heterocycles. The highest BCUT2D eigenvalue weighted by Crippen LogP contribution is 2.27. The van der Waals surface area contributed by atoms with Crippen molar-refractivity contribution in [2.24, 2.45) is 0 Å². The zero-order valence-electron chi connectivity index (χ0n) is 17.3. The average molecular weight is 399 g/mol. The van der Waals surface area contributed by atoms with Crippen LogP contribution in [0.2, 0.25) is 0 Å². The normalized spacial score (nSPS) is 14.0. The highest BCUT2D eigenvalue weighted by molar-refractivity contribution is 6.03. The summed E-state index contributed by atoms with van der Waals surface area (Å²) in [5.74, 6) is 0.176. The summed E-state index contributed by atoms with van der Waals surface area (Å²) in [4.78, 5) is 28.1. The zero-order chi connectivity index (χ0) is 21.1. The van der Waals surface area contributed by atoms with Gasteiger partial charge in [-0.3, -0.25) is 9.59 Å². The Bertz CT molecular complexity index is 1040. The van der Waals surface area contributed by atoms with Crippen molar-refractivity contribution < 1.29 is 9.59 Å². The number of carbonyl (C=O) groups is 2. The molecule has 1 aliphatic rings. The van der Waals surface area contributed by atoms with Gasteiger partial charge in [0.1, 0.15) is 6.04 Å². The van der Waals surface area contributed by atoms with Crippen LogP contribution in [0.15, 0.2) is 78.9 Å². The second kappa shape index (κ2) is 8.54. The van der Waals surface area contributed by atoms with E-state index in [1.807, 2.05) is 78.9 Å². The third-order valence-electron chi connectivity index (χ3n) is 5.64. The van der Waals surface area contributed by atoms with Crippen molar-refractivity contribution >= 4 is 17.5 Å². The number of benzene rings is 3. The largest absolute Gasteiger partial charge is 0.324 e. The SMILES string of the molecule is CC(C)c1ccc(NC(=O)[C@H](Cc2ccccc2)N2Cc3ccccc3C2=O)cc1. The smallest absolute Gasteiger partial charge is 0.255 e. The highest BCUT2D eigenvalue weighted by atomic mass is 16.2. The van der Waals surface area contributed by atoms with Crippen molar-refractivity contribution in [1.29, 1.82) is 0 Å². The molecule has 1 N–H and O–H groups in total. The lowest BCUT2D eigenvalue weighted by atomic mass is 10.0. The first-order valence-electron chi connectivity index (χ1n) is 10.4. The Balaban J connectivity index is 1.59. The fourth-order valence-electron chi connectivity index (χ4n) is 3.89. The maximum atomic E-state index is 13.3. The molecule has 1 atom stereocenters. The van der Waals surface area contributed by atoms with Gasteiger partial charge < -0.3 is 10.2 Å². The molecule has 0 saturated heterocycles. The number of hydrogen-bond acceptors (Lipinski definition) is 2. The Labute approximate surface area is 177 Å². The van der Waals surface area contributed by atoms with Gasteiger partial charge in [0.25, 0.3) is 5.91 Å². The third-order valence-corrected chi connectivity index (χ3v) is 5.64. The number of hydrogen-bond donors (Lipinski definition) is 1. The molecular weight excluding hydrogens is 372 g/mol. The lowest BCUT2D eigenvalue weighted by molar-refractivity contribution is -0.120. The molecule has 0 saturated carbocycles. The molecule has 3 aromatic carbocycles. The summed E-state index contributed by atoms with van der Waals surface area (Å²) >= 11 is 0. The molecule has 4 heteroatoms. The molecule has 1 heterocycles. The van der Waals surface area contributed by atoms with E-state index in [4.69, 9.17) is 0 Å². The summed E-state index contributed by atoms with van der Waals surface area (Å²) in [6.45, 7) is 4.73. The first-order chi connectivity index (χ1) is 14.5. The molecule has 4 rings (SSSR count). The van der Waals surface area contributed by atoms with Crippen molar-refractivity contribution in [2.75, 3.05) is 5.32 Å². The van der Waals surface area contributed by atoms with Gasteiger partial charge in [0.05, 0.1) is 0 Å². The molecule has 30 heavy (non-hydrogen) atoms. The third kappa shape index (κ3) is 4.13. The van der Waals surface area contributed by atoms with Crippen LogP contribution in [0.3, 0.4) is 0 Å². The van der Waals surface area contributed by atoms with Crippen LogP contribution in [0, 0.1) is 0 Å². The number of fused-ring (bicyclic) bond motifs is 1. The van der Waals surface area contributed by atoms with E-state index in [9.17, 15) is 9.59 Å². The van der Waals surface area contributed by atoms with E-state index in [0.29, 0.717) is 24.4 Å². The monoisotopic (exact) mass is 398 g/mol. The van der Waals surface area contributed by atoms with Crippen molar-refractivity contribution in [3.8, 4) is 0 Å². The van der Waals surface area contributed by atoms with Gasteiger partial charge >= 0.3 is 0 Å². The summed E-state index contributed by atoms with van der Waals surface area (Å²) in [5, 5.41) is 3.02. The van der Waals surface area contributed by atoms with Crippen LogP contribution in [0.5, 0.6) is 0 Å². The van der Waals surface area contributed by atoms with Gasteiger partial charge in [0.15, 0.2) is 0 Å². The maximum absolute atomic E-state index is 13.3. The molecular formula is C26H26N2O2. The molecule has 0 aliphatic carbocycles. The van der Waals surface area contributed by atoms with Crippen LogP contribution in [0.25, 0.3) is 0 Å². The van der Waals surface area contributed by atoms with Crippen LogP contribution in [-0.4, -0.2) is 22.8 Å². The fraction of sp³-hybridized carbons (Fsp3) is 0.231.